The maximum Gasteiger partial charge on any atom is 0.323 e. The summed E-state index contributed by atoms with van der Waals surface area (Å²) in [6, 6.07) is 1.66. The Bertz CT molecular complexity index is 687. The number of rotatable bonds is 7. The van der Waals surface area contributed by atoms with Crippen molar-refractivity contribution in [2.45, 2.75) is 38.3 Å². The first-order valence-electron chi connectivity index (χ1n) is 8.59. The van der Waals surface area contributed by atoms with Gasteiger partial charge in [0.1, 0.15) is 18.2 Å². The number of hydrogen-bond acceptors (Lipinski definition) is 4. The van der Waals surface area contributed by atoms with Crippen molar-refractivity contribution < 1.29 is 33.0 Å². The van der Waals surface area contributed by atoms with Crippen LogP contribution in [0.3, 0.4) is 0 Å². The molecule has 2 N–H and O–H groups in total. The van der Waals surface area contributed by atoms with Gasteiger partial charge < -0.3 is 20.1 Å². The summed E-state index contributed by atoms with van der Waals surface area (Å²) in [6.45, 7) is 1.43. The van der Waals surface area contributed by atoms with Gasteiger partial charge in [-0.3, -0.25) is 14.4 Å². The fraction of sp³-hybridized carbons (Fsp3) is 0.500. The first-order valence-corrected chi connectivity index (χ1v) is 8.59. The van der Waals surface area contributed by atoms with E-state index in [1.54, 1.807) is 0 Å². The molecule has 27 heavy (non-hydrogen) atoms. The number of nitrogens with one attached hydrogen (secondary N) is 1. The molecule has 1 heterocycles. The van der Waals surface area contributed by atoms with Crippen LogP contribution in [0.25, 0.3) is 0 Å². The largest absolute Gasteiger partial charge is 0.480 e. The van der Waals surface area contributed by atoms with Gasteiger partial charge in [0.25, 0.3) is 0 Å². The van der Waals surface area contributed by atoms with E-state index in [4.69, 9.17) is 9.84 Å². The minimum Gasteiger partial charge on any atom is -0.480 e. The Morgan fingerprint density at radius 3 is 2.37 bits per heavy atom. The number of carbonyl (C=O) groups excluding carboxylic acids is 2. The number of benzene rings is 1. The third-order valence-electron chi connectivity index (χ3n) is 4.36. The Kier molecular flexibility index (Phi) is 7.23. The van der Waals surface area contributed by atoms with Crippen LogP contribution in [0.2, 0.25) is 0 Å². The average Bonchev–Trinajstić information content (AvgIpc) is 2.59. The standard InChI is InChI=1S/C18H22F2N2O5/c1-11(23)21-15(18-13(19)3-2-4-14(18)20)9-16(24)22(10-17(25)26)12-5-7-27-8-6-12/h2-4,12,15H,5-10H2,1H3,(H,21,23)(H,25,26). The molecular formula is C18H22F2N2O5. The molecule has 1 aliphatic rings. The van der Waals surface area contributed by atoms with Crippen LogP contribution in [0.4, 0.5) is 8.78 Å². The van der Waals surface area contributed by atoms with Crippen molar-refractivity contribution >= 4 is 17.8 Å². The van der Waals surface area contributed by atoms with Crippen LogP contribution < -0.4 is 5.32 Å². The topological polar surface area (TPSA) is 95.9 Å². The lowest BCUT2D eigenvalue weighted by atomic mass is 9.99. The monoisotopic (exact) mass is 384 g/mol. The van der Waals surface area contributed by atoms with E-state index in [-0.39, 0.29) is 6.04 Å². The fourth-order valence-corrected chi connectivity index (χ4v) is 3.17. The average molecular weight is 384 g/mol. The zero-order valence-corrected chi connectivity index (χ0v) is 14.9. The molecule has 0 aromatic heterocycles. The molecule has 7 nitrogen and oxygen atoms in total. The second kappa shape index (κ2) is 9.40. The summed E-state index contributed by atoms with van der Waals surface area (Å²) >= 11 is 0. The van der Waals surface area contributed by atoms with E-state index >= 15 is 0 Å². The van der Waals surface area contributed by atoms with Gasteiger partial charge in [0.2, 0.25) is 11.8 Å². The molecule has 0 spiro atoms. The van der Waals surface area contributed by atoms with Gasteiger partial charge in [0.05, 0.1) is 12.5 Å². The molecule has 2 amide bonds. The van der Waals surface area contributed by atoms with E-state index in [0.29, 0.717) is 26.1 Å². The van der Waals surface area contributed by atoms with Crippen molar-refractivity contribution in [3.63, 3.8) is 0 Å². The summed E-state index contributed by atoms with van der Waals surface area (Å²) in [7, 11) is 0. The summed E-state index contributed by atoms with van der Waals surface area (Å²) in [5.74, 6) is -4.14. The van der Waals surface area contributed by atoms with Crippen LogP contribution in [-0.4, -0.2) is 53.6 Å². The minimum atomic E-state index is -1.24. The number of carboxylic acid groups (broad SMARTS) is 1. The molecule has 0 saturated carbocycles. The summed E-state index contributed by atoms with van der Waals surface area (Å²) in [6.07, 6.45) is 0.484. The van der Waals surface area contributed by atoms with Gasteiger partial charge in [0, 0.05) is 31.7 Å². The van der Waals surface area contributed by atoms with Crippen molar-refractivity contribution in [1.29, 1.82) is 0 Å². The van der Waals surface area contributed by atoms with Crippen LogP contribution in [0.5, 0.6) is 0 Å². The molecule has 148 valence electrons. The summed E-state index contributed by atoms with van der Waals surface area (Å²) in [4.78, 5) is 36.6. The maximum atomic E-state index is 14.1. The summed E-state index contributed by atoms with van der Waals surface area (Å²) in [5, 5.41) is 11.5. The first-order chi connectivity index (χ1) is 12.8. The Morgan fingerprint density at radius 1 is 1.26 bits per heavy atom. The molecule has 1 aromatic carbocycles. The smallest absolute Gasteiger partial charge is 0.323 e. The third-order valence-corrected chi connectivity index (χ3v) is 4.36. The number of carbonyl (C=O) groups is 3. The number of amides is 2. The predicted molar refractivity (Wildman–Crippen MR) is 90.7 cm³/mol. The Balaban J connectivity index is 2.26. The highest BCUT2D eigenvalue weighted by atomic mass is 19.1. The Morgan fingerprint density at radius 2 is 1.85 bits per heavy atom. The Hall–Kier alpha value is -2.55. The van der Waals surface area contributed by atoms with Gasteiger partial charge >= 0.3 is 5.97 Å². The molecule has 1 unspecified atom stereocenters. The summed E-state index contributed by atoms with van der Waals surface area (Å²) in [5.41, 5.74) is -0.427. The van der Waals surface area contributed by atoms with Gasteiger partial charge in [-0.2, -0.15) is 0 Å². The SMILES string of the molecule is CC(=O)NC(CC(=O)N(CC(=O)O)C1CCOCC1)c1c(F)cccc1F. The van der Waals surface area contributed by atoms with Crippen molar-refractivity contribution in [1.82, 2.24) is 10.2 Å². The minimum absolute atomic E-state index is 0.342. The quantitative estimate of drug-likeness (QED) is 0.745. The fourth-order valence-electron chi connectivity index (χ4n) is 3.17. The van der Waals surface area contributed by atoms with Crippen LogP contribution in [0.1, 0.15) is 37.8 Å². The van der Waals surface area contributed by atoms with Crippen molar-refractivity contribution in [2.24, 2.45) is 0 Å². The number of aliphatic carboxylic acids is 1. The molecule has 1 aromatic rings. The molecule has 2 rings (SSSR count). The molecular weight excluding hydrogens is 362 g/mol. The highest BCUT2D eigenvalue weighted by Gasteiger charge is 2.31. The molecule has 1 aliphatic heterocycles. The van der Waals surface area contributed by atoms with E-state index in [1.165, 1.54) is 17.9 Å². The molecule has 1 atom stereocenters. The van der Waals surface area contributed by atoms with E-state index in [9.17, 15) is 23.2 Å². The number of hydrogen-bond donors (Lipinski definition) is 2. The Labute approximate surface area is 155 Å². The lowest BCUT2D eigenvalue weighted by Gasteiger charge is -2.34. The van der Waals surface area contributed by atoms with Crippen molar-refractivity contribution in [2.75, 3.05) is 19.8 Å². The lowest BCUT2D eigenvalue weighted by molar-refractivity contribution is -0.148. The first kappa shape index (κ1) is 20.8. The zero-order chi connectivity index (χ0) is 20.0. The van der Waals surface area contributed by atoms with Gasteiger partial charge in [-0.05, 0) is 25.0 Å². The third kappa shape index (κ3) is 5.72. The number of carboxylic acids is 1. The molecule has 0 bridgehead atoms. The van der Waals surface area contributed by atoms with Crippen LogP contribution in [0, 0.1) is 11.6 Å². The van der Waals surface area contributed by atoms with E-state index in [0.717, 1.165) is 12.1 Å². The number of nitrogens with zero attached hydrogens (tertiary/aromatic N) is 1. The maximum absolute atomic E-state index is 14.1. The normalized spacial score (nSPS) is 15.8. The predicted octanol–water partition coefficient (Wildman–Crippen LogP) is 1.62. The van der Waals surface area contributed by atoms with Gasteiger partial charge in [-0.25, -0.2) is 8.78 Å². The zero-order valence-electron chi connectivity index (χ0n) is 14.9. The van der Waals surface area contributed by atoms with Gasteiger partial charge in [-0.1, -0.05) is 6.07 Å². The second-order valence-corrected chi connectivity index (χ2v) is 6.35. The number of ether oxygens (including phenoxy) is 1. The second-order valence-electron chi connectivity index (χ2n) is 6.35. The molecule has 9 heteroatoms. The summed E-state index contributed by atoms with van der Waals surface area (Å²) < 4.78 is 33.5. The molecule has 0 radical (unpaired) electrons. The van der Waals surface area contributed by atoms with Crippen LogP contribution in [0.15, 0.2) is 18.2 Å². The van der Waals surface area contributed by atoms with E-state index in [1.807, 2.05) is 0 Å². The highest BCUT2D eigenvalue weighted by molar-refractivity contribution is 5.83. The van der Waals surface area contributed by atoms with Gasteiger partial charge in [-0.15, -0.1) is 0 Å². The van der Waals surface area contributed by atoms with E-state index in [2.05, 4.69) is 5.32 Å². The molecule has 1 fully saturated rings. The molecule has 1 saturated heterocycles. The van der Waals surface area contributed by atoms with Crippen LogP contribution >= 0.6 is 0 Å². The highest BCUT2D eigenvalue weighted by Crippen LogP contribution is 2.25. The van der Waals surface area contributed by atoms with Crippen molar-refractivity contribution in [3.8, 4) is 0 Å². The van der Waals surface area contributed by atoms with Crippen molar-refractivity contribution in [3.05, 3.63) is 35.4 Å². The number of halogens is 2. The lowest BCUT2D eigenvalue weighted by Crippen LogP contribution is -2.47. The van der Waals surface area contributed by atoms with Gasteiger partial charge in [0.15, 0.2) is 0 Å². The van der Waals surface area contributed by atoms with Crippen LogP contribution in [-0.2, 0) is 19.1 Å². The molecule has 0 aliphatic carbocycles. The van der Waals surface area contributed by atoms with E-state index < -0.39 is 54.0 Å².